The molecule has 1 fully saturated rings. The van der Waals surface area contributed by atoms with Gasteiger partial charge in [0.2, 0.25) is 5.89 Å². The number of hydrogen-bond donors (Lipinski definition) is 2. The van der Waals surface area contributed by atoms with Gasteiger partial charge in [0.25, 0.3) is 10.0 Å². The Labute approximate surface area is 115 Å². The van der Waals surface area contributed by atoms with Gasteiger partial charge in [0, 0.05) is 13.2 Å². The van der Waals surface area contributed by atoms with Gasteiger partial charge in [-0.15, -0.1) is 5.10 Å². The first-order valence-corrected chi connectivity index (χ1v) is 7.60. The second-order valence-corrected chi connectivity index (χ2v) is 6.21. The third kappa shape index (κ3) is 2.51. The maximum Gasteiger partial charge on any atom is 0.329 e. The molecule has 10 heteroatoms. The molecule has 0 aromatic carbocycles. The molecule has 3 rings (SSSR count). The summed E-state index contributed by atoms with van der Waals surface area (Å²) in [5, 5.41) is 10.6. The summed E-state index contributed by atoms with van der Waals surface area (Å²) in [4.78, 5) is 3.78. The SMILES string of the molecule is Cn1cnc(S(=O)(=O)Nc2nnc(C3CCCN3)o2)c1. The predicted molar refractivity (Wildman–Crippen MR) is 68.3 cm³/mol. The van der Waals surface area contributed by atoms with Gasteiger partial charge in [-0.1, -0.05) is 5.10 Å². The lowest BCUT2D eigenvalue weighted by Crippen LogP contribution is -2.14. The molecule has 2 aromatic heterocycles. The van der Waals surface area contributed by atoms with Crippen LogP contribution in [0.25, 0.3) is 0 Å². The van der Waals surface area contributed by atoms with Crippen molar-refractivity contribution in [3.8, 4) is 0 Å². The number of aromatic nitrogens is 4. The third-order valence-corrected chi connectivity index (χ3v) is 4.18. The zero-order valence-corrected chi connectivity index (χ0v) is 11.6. The lowest BCUT2D eigenvalue weighted by atomic mass is 10.2. The minimum atomic E-state index is -3.80. The lowest BCUT2D eigenvalue weighted by molar-refractivity contribution is 0.439. The number of imidazole rings is 1. The van der Waals surface area contributed by atoms with Crippen LogP contribution in [0.1, 0.15) is 24.8 Å². The molecule has 20 heavy (non-hydrogen) atoms. The molecule has 1 aliphatic rings. The first-order valence-electron chi connectivity index (χ1n) is 6.12. The summed E-state index contributed by atoms with van der Waals surface area (Å²) in [6.07, 6.45) is 4.71. The van der Waals surface area contributed by atoms with Crippen LogP contribution in [0.5, 0.6) is 0 Å². The minimum absolute atomic E-state index is 0.00407. The van der Waals surface area contributed by atoms with Gasteiger partial charge < -0.3 is 14.3 Å². The van der Waals surface area contributed by atoms with Crippen molar-refractivity contribution < 1.29 is 12.8 Å². The molecule has 3 heterocycles. The fourth-order valence-corrected chi connectivity index (χ4v) is 2.91. The van der Waals surface area contributed by atoms with Crippen molar-refractivity contribution >= 4 is 16.0 Å². The van der Waals surface area contributed by atoms with Crippen LogP contribution in [0.15, 0.2) is 22.0 Å². The van der Waals surface area contributed by atoms with Crippen LogP contribution in [0.2, 0.25) is 0 Å². The lowest BCUT2D eigenvalue weighted by Gasteiger charge is -2.03. The molecule has 0 saturated carbocycles. The average Bonchev–Trinajstić information content (AvgIpc) is 3.06. The summed E-state index contributed by atoms with van der Waals surface area (Å²) in [5.41, 5.74) is 0. The van der Waals surface area contributed by atoms with Crippen LogP contribution >= 0.6 is 0 Å². The summed E-state index contributed by atoms with van der Waals surface area (Å²) in [7, 11) is -2.12. The second kappa shape index (κ2) is 4.87. The van der Waals surface area contributed by atoms with Crippen LogP contribution in [0, 0.1) is 0 Å². The normalized spacial score (nSPS) is 19.4. The minimum Gasteiger partial charge on any atom is -0.406 e. The molecule has 1 unspecified atom stereocenters. The summed E-state index contributed by atoms with van der Waals surface area (Å²) in [6, 6.07) is -0.157. The highest BCUT2D eigenvalue weighted by molar-refractivity contribution is 7.92. The van der Waals surface area contributed by atoms with Crippen LogP contribution in [0.4, 0.5) is 6.01 Å². The van der Waals surface area contributed by atoms with Crippen LogP contribution in [0.3, 0.4) is 0 Å². The van der Waals surface area contributed by atoms with Crippen molar-refractivity contribution in [2.45, 2.75) is 23.9 Å². The molecule has 1 atom stereocenters. The zero-order chi connectivity index (χ0) is 14.2. The van der Waals surface area contributed by atoms with E-state index in [1.807, 2.05) is 0 Å². The molecule has 0 radical (unpaired) electrons. The number of hydrogen-bond acceptors (Lipinski definition) is 7. The maximum absolute atomic E-state index is 12.0. The Bertz CT molecular complexity index is 700. The van der Waals surface area contributed by atoms with Crippen molar-refractivity contribution in [1.82, 2.24) is 25.1 Å². The Morgan fingerprint density at radius 2 is 2.35 bits per heavy atom. The number of rotatable bonds is 4. The fraction of sp³-hybridized carbons (Fsp3) is 0.500. The van der Waals surface area contributed by atoms with Crippen molar-refractivity contribution in [2.24, 2.45) is 7.05 Å². The highest BCUT2D eigenvalue weighted by Crippen LogP contribution is 2.23. The van der Waals surface area contributed by atoms with E-state index in [1.54, 1.807) is 7.05 Å². The summed E-state index contributed by atoms with van der Waals surface area (Å²) >= 11 is 0. The van der Waals surface area contributed by atoms with Crippen molar-refractivity contribution in [1.29, 1.82) is 0 Å². The van der Waals surface area contributed by atoms with Crippen molar-refractivity contribution in [3.05, 3.63) is 18.4 Å². The summed E-state index contributed by atoms with van der Waals surface area (Å²) in [6.45, 7) is 0.891. The summed E-state index contributed by atoms with van der Waals surface area (Å²) < 4.78 is 33.1. The molecule has 0 spiro atoms. The molecular formula is C10H14N6O3S. The molecule has 9 nitrogen and oxygen atoms in total. The van der Waals surface area contributed by atoms with Crippen molar-refractivity contribution in [3.63, 3.8) is 0 Å². The largest absolute Gasteiger partial charge is 0.406 e. The smallest absolute Gasteiger partial charge is 0.329 e. The van der Waals surface area contributed by atoms with Crippen LogP contribution < -0.4 is 10.0 Å². The zero-order valence-electron chi connectivity index (χ0n) is 10.8. The second-order valence-electron chi connectivity index (χ2n) is 4.58. The number of nitrogens with zero attached hydrogens (tertiary/aromatic N) is 4. The molecule has 0 bridgehead atoms. The molecule has 2 aromatic rings. The molecule has 2 N–H and O–H groups in total. The average molecular weight is 298 g/mol. The van der Waals surface area contributed by atoms with Gasteiger partial charge in [-0.2, -0.15) is 8.42 Å². The third-order valence-electron chi connectivity index (χ3n) is 2.98. The Morgan fingerprint density at radius 1 is 1.50 bits per heavy atom. The monoisotopic (exact) mass is 298 g/mol. The molecule has 1 aliphatic heterocycles. The molecule has 108 valence electrons. The highest BCUT2D eigenvalue weighted by Gasteiger charge is 2.24. The predicted octanol–water partition coefficient (Wildman–Crippen LogP) is 0.0284. The Hall–Kier alpha value is -1.94. The van der Waals surface area contributed by atoms with Gasteiger partial charge in [0.15, 0.2) is 5.03 Å². The van der Waals surface area contributed by atoms with E-state index >= 15 is 0 Å². The van der Waals surface area contributed by atoms with Gasteiger partial charge in [-0.3, -0.25) is 0 Å². The van der Waals surface area contributed by atoms with E-state index in [4.69, 9.17) is 4.42 Å². The fourth-order valence-electron chi connectivity index (χ4n) is 2.01. The van der Waals surface area contributed by atoms with E-state index < -0.39 is 10.0 Å². The molecular weight excluding hydrogens is 284 g/mol. The molecule has 0 aliphatic carbocycles. The van der Waals surface area contributed by atoms with E-state index in [0.29, 0.717) is 5.89 Å². The first kappa shape index (κ1) is 13.1. The highest BCUT2D eigenvalue weighted by atomic mass is 32.2. The van der Waals surface area contributed by atoms with Crippen LogP contribution in [-0.2, 0) is 17.1 Å². The number of nitrogens with one attached hydrogen (secondary N) is 2. The standard InChI is InChI=1S/C10H14N6O3S/c1-16-5-8(12-6-16)20(17,18)15-10-14-13-9(19-10)7-3-2-4-11-7/h5-7,11H,2-4H2,1H3,(H,14,15). The Kier molecular flexibility index (Phi) is 3.18. The van der Waals surface area contributed by atoms with Gasteiger partial charge in [-0.05, 0) is 19.4 Å². The Morgan fingerprint density at radius 3 is 3.00 bits per heavy atom. The van der Waals surface area contributed by atoms with Gasteiger partial charge in [0.05, 0.1) is 12.4 Å². The van der Waals surface area contributed by atoms with Gasteiger partial charge in [-0.25, -0.2) is 9.71 Å². The van der Waals surface area contributed by atoms with Crippen LogP contribution in [-0.4, -0.2) is 34.7 Å². The topological polar surface area (TPSA) is 115 Å². The quantitative estimate of drug-likeness (QED) is 0.818. The van der Waals surface area contributed by atoms with E-state index in [2.05, 4.69) is 25.2 Å². The first-order chi connectivity index (χ1) is 9.54. The van der Waals surface area contributed by atoms with Gasteiger partial charge >= 0.3 is 6.01 Å². The summed E-state index contributed by atoms with van der Waals surface area (Å²) in [5.74, 6) is 0.390. The molecule has 0 amide bonds. The van der Waals surface area contributed by atoms with E-state index in [1.165, 1.54) is 17.1 Å². The van der Waals surface area contributed by atoms with E-state index in [-0.39, 0.29) is 17.1 Å². The number of sulfonamides is 1. The van der Waals surface area contributed by atoms with E-state index in [0.717, 1.165) is 19.4 Å². The number of anilines is 1. The van der Waals surface area contributed by atoms with E-state index in [9.17, 15) is 8.42 Å². The molecule has 1 saturated heterocycles. The maximum atomic E-state index is 12.0. The van der Waals surface area contributed by atoms with Gasteiger partial charge in [0.1, 0.15) is 0 Å². The number of aryl methyl sites for hydroxylation is 1. The van der Waals surface area contributed by atoms with Crippen molar-refractivity contribution in [2.75, 3.05) is 11.3 Å². The Balaban J connectivity index is 1.77.